The van der Waals surface area contributed by atoms with E-state index >= 15 is 0 Å². The molecule has 0 aliphatic carbocycles. The topological polar surface area (TPSA) is 36.8 Å². The van der Waals surface area contributed by atoms with Crippen LogP contribution in [0.2, 0.25) is 0 Å². The molecule has 1 atom stereocenters. The number of aliphatic imine (C=N–C) groups is 2. The van der Waals surface area contributed by atoms with Crippen LogP contribution in [0.4, 0.5) is 0 Å². The maximum Gasteiger partial charge on any atom is 0.159 e. The molecule has 1 aromatic heterocycles. The first-order valence-corrected chi connectivity index (χ1v) is 19.4. The number of rotatable bonds is 7. The van der Waals surface area contributed by atoms with Crippen LogP contribution in [-0.2, 0) is 0 Å². The Kier molecular flexibility index (Phi) is 8.43. The predicted octanol–water partition coefficient (Wildman–Crippen LogP) is 13.2. The SMILES string of the molecule is c1ccc(C2=NC(c3cccc(-c4cccc(-c5cccc6c5sc5c(-c7ccccc7)cccc56)c4)c3)=NC(c3cccc(-c4ccccc4)c3)N2)cc1. The summed E-state index contributed by atoms with van der Waals surface area (Å²) in [5, 5.41) is 6.23. The Bertz CT molecular complexity index is 2890. The zero-order valence-electron chi connectivity index (χ0n) is 29.9. The van der Waals surface area contributed by atoms with Gasteiger partial charge >= 0.3 is 0 Å². The fourth-order valence-corrected chi connectivity index (χ4v) is 8.98. The molecule has 0 amide bonds. The van der Waals surface area contributed by atoms with Crippen molar-refractivity contribution in [2.75, 3.05) is 0 Å². The number of nitrogens with zero attached hydrogens (tertiary/aromatic N) is 2. The van der Waals surface area contributed by atoms with E-state index in [2.05, 4.69) is 181 Å². The van der Waals surface area contributed by atoms with Gasteiger partial charge in [0.25, 0.3) is 0 Å². The molecular weight excluding hydrogens is 687 g/mol. The first-order chi connectivity index (χ1) is 27.2. The summed E-state index contributed by atoms with van der Waals surface area (Å²) in [7, 11) is 0. The molecule has 4 heteroatoms. The second-order valence-electron chi connectivity index (χ2n) is 13.8. The Balaban J connectivity index is 1.03. The second kappa shape index (κ2) is 14.2. The van der Waals surface area contributed by atoms with Gasteiger partial charge in [0.15, 0.2) is 5.84 Å². The van der Waals surface area contributed by atoms with Gasteiger partial charge in [-0.05, 0) is 68.3 Å². The molecule has 3 nitrogen and oxygen atoms in total. The molecule has 9 aromatic rings. The summed E-state index contributed by atoms with van der Waals surface area (Å²) in [5.41, 5.74) is 12.6. The van der Waals surface area contributed by atoms with Gasteiger partial charge in [-0.15, -0.1) is 11.3 Å². The van der Waals surface area contributed by atoms with Crippen LogP contribution in [0, 0.1) is 0 Å². The molecule has 2 heterocycles. The number of hydrogen-bond donors (Lipinski definition) is 1. The molecular formula is C51H35N3S. The molecule has 1 aliphatic heterocycles. The van der Waals surface area contributed by atoms with Crippen molar-refractivity contribution in [2.45, 2.75) is 6.17 Å². The Hall–Kier alpha value is -6.88. The van der Waals surface area contributed by atoms with Crippen LogP contribution in [0.5, 0.6) is 0 Å². The highest BCUT2D eigenvalue weighted by atomic mass is 32.1. The van der Waals surface area contributed by atoms with Crippen molar-refractivity contribution < 1.29 is 0 Å². The molecule has 1 aliphatic rings. The number of amidine groups is 2. The van der Waals surface area contributed by atoms with Gasteiger partial charge in [0.05, 0.1) is 0 Å². The fraction of sp³-hybridized carbons (Fsp3) is 0.0196. The van der Waals surface area contributed by atoms with E-state index in [-0.39, 0.29) is 6.17 Å². The molecule has 0 saturated carbocycles. The van der Waals surface area contributed by atoms with E-state index in [1.54, 1.807) is 0 Å². The number of hydrogen-bond acceptors (Lipinski definition) is 4. The minimum Gasteiger partial charge on any atom is -0.344 e. The quantitative estimate of drug-likeness (QED) is 0.175. The summed E-state index contributed by atoms with van der Waals surface area (Å²) in [4.78, 5) is 10.4. The first-order valence-electron chi connectivity index (χ1n) is 18.6. The van der Waals surface area contributed by atoms with Crippen LogP contribution in [0.15, 0.2) is 210 Å². The van der Waals surface area contributed by atoms with Gasteiger partial charge in [-0.1, -0.05) is 182 Å². The van der Waals surface area contributed by atoms with Gasteiger partial charge in [0.1, 0.15) is 12.0 Å². The zero-order chi connectivity index (χ0) is 36.6. The van der Waals surface area contributed by atoms with E-state index in [9.17, 15) is 0 Å². The monoisotopic (exact) mass is 721 g/mol. The van der Waals surface area contributed by atoms with Crippen LogP contribution in [0.25, 0.3) is 64.7 Å². The number of benzene rings is 8. The minimum absolute atomic E-state index is 0.303. The smallest absolute Gasteiger partial charge is 0.159 e. The molecule has 0 spiro atoms. The van der Waals surface area contributed by atoms with Gasteiger partial charge in [0, 0.05) is 31.3 Å². The molecule has 0 radical (unpaired) electrons. The lowest BCUT2D eigenvalue weighted by molar-refractivity contribution is 0.674. The Morgan fingerprint density at radius 2 is 0.855 bits per heavy atom. The van der Waals surface area contributed by atoms with Gasteiger partial charge in [-0.3, -0.25) is 0 Å². The molecule has 0 saturated heterocycles. The summed E-state index contributed by atoms with van der Waals surface area (Å²) in [6.07, 6.45) is -0.303. The Morgan fingerprint density at radius 1 is 0.382 bits per heavy atom. The highest BCUT2D eigenvalue weighted by Gasteiger charge is 2.22. The Morgan fingerprint density at radius 3 is 1.51 bits per heavy atom. The van der Waals surface area contributed by atoms with Crippen molar-refractivity contribution in [3.8, 4) is 44.5 Å². The average molecular weight is 722 g/mol. The normalized spacial score (nSPS) is 14.0. The van der Waals surface area contributed by atoms with E-state index < -0.39 is 0 Å². The lowest BCUT2D eigenvalue weighted by Gasteiger charge is -2.24. The molecule has 1 N–H and O–H groups in total. The Labute approximate surface area is 324 Å². The molecule has 10 rings (SSSR count). The van der Waals surface area contributed by atoms with Crippen LogP contribution >= 0.6 is 11.3 Å². The number of thiophene rings is 1. The van der Waals surface area contributed by atoms with Crippen LogP contribution in [0.3, 0.4) is 0 Å². The van der Waals surface area contributed by atoms with Crippen molar-refractivity contribution in [3.05, 3.63) is 217 Å². The summed E-state index contributed by atoms with van der Waals surface area (Å²) in [5.74, 6) is 1.51. The first kappa shape index (κ1) is 32.7. The molecule has 0 fully saturated rings. The highest BCUT2D eigenvalue weighted by molar-refractivity contribution is 7.26. The van der Waals surface area contributed by atoms with Crippen LogP contribution in [-0.4, -0.2) is 11.7 Å². The summed E-state index contributed by atoms with van der Waals surface area (Å²) >= 11 is 1.89. The minimum atomic E-state index is -0.303. The van der Waals surface area contributed by atoms with Gasteiger partial charge < -0.3 is 5.32 Å². The third-order valence-corrected chi connectivity index (χ3v) is 11.6. The lowest BCUT2D eigenvalue weighted by atomic mass is 9.96. The standard InChI is InChI=1S/C51H35N3S/c1-4-15-34(16-5-1)37-21-11-25-41(32-37)50-52-49(36-19-8-3-9-20-36)53-51(54-50)42-26-12-23-39(33-42)38-22-10-24-40(31-38)44-28-14-30-46-45-29-13-27-43(47(45)55-48(44)46)35-17-6-2-7-18-35/h1-33,50H,(H,52,53,54). The molecule has 8 aromatic carbocycles. The highest BCUT2D eigenvalue weighted by Crippen LogP contribution is 2.44. The largest absolute Gasteiger partial charge is 0.344 e. The average Bonchev–Trinajstić information content (AvgIpc) is 3.67. The van der Waals surface area contributed by atoms with E-state index in [1.165, 1.54) is 48.0 Å². The zero-order valence-corrected chi connectivity index (χ0v) is 30.7. The molecule has 0 bridgehead atoms. The number of fused-ring (bicyclic) bond motifs is 3. The van der Waals surface area contributed by atoms with Crippen LogP contribution < -0.4 is 5.32 Å². The van der Waals surface area contributed by atoms with Crippen molar-refractivity contribution >= 4 is 43.2 Å². The second-order valence-corrected chi connectivity index (χ2v) is 14.8. The van der Waals surface area contributed by atoms with Crippen molar-refractivity contribution in [3.63, 3.8) is 0 Å². The summed E-state index contributed by atoms with van der Waals surface area (Å²) in [6.45, 7) is 0. The van der Waals surface area contributed by atoms with Crippen molar-refractivity contribution in [1.82, 2.24) is 5.32 Å². The van der Waals surface area contributed by atoms with E-state index in [4.69, 9.17) is 9.98 Å². The number of nitrogens with one attached hydrogen (secondary N) is 1. The third-order valence-electron chi connectivity index (χ3n) is 10.3. The third kappa shape index (κ3) is 6.33. The van der Waals surface area contributed by atoms with E-state index in [0.717, 1.165) is 39.2 Å². The van der Waals surface area contributed by atoms with E-state index in [1.807, 2.05) is 35.6 Å². The van der Waals surface area contributed by atoms with Crippen LogP contribution in [0.1, 0.15) is 22.9 Å². The molecule has 55 heavy (non-hydrogen) atoms. The van der Waals surface area contributed by atoms with Crippen molar-refractivity contribution in [1.29, 1.82) is 0 Å². The van der Waals surface area contributed by atoms with Gasteiger partial charge in [0.2, 0.25) is 0 Å². The van der Waals surface area contributed by atoms with Crippen molar-refractivity contribution in [2.24, 2.45) is 9.98 Å². The lowest BCUT2D eigenvalue weighted by Crippen LogP contribution is -2.33. The summed E-state index contributed by atoms with van der Waals surface area (Å²) < 4.78 is 2.63. The molecule has 260 valence electrons. The van der Waals surface area contributed by atoms with Gasteiger partial charge in [-0.2, -0.15) is 0 Å². The maximum absolute atomic E-state index is 5.24. The van der Waals surface area contributed by atoms with Gasteiger partial charge in [-0.25, -0.2) is 9.98 Å². The summed E-state index contributed by atoms with van der Waals surface area (Å²) in [6, 6.07) is 71.0. The maximum atomic E-state index is 5.24. The molecule has 1 unspecified atom stereocenters. The fourth-order valence-electron chi connectivity index (χ4n) is 7.61. The predicted molar refractivity (Wildman–Crippen MR) is 233 cm³/mol. The van der Waals surface area contributed by atoms with E-state index in [0.29, 0.717) is 5.84 Å².